The number of nitrogens with zero attached hydrogens (tertiary/aromatic N) is 1. The molecule has 1 fully saturated rings. The van der Waals surface area contributed by atoms with Crippen LogP contribution in [0.15, 0.2) is 0 Å². The molecule has 0 aliphatic carbocycles. The van der Waals surface area contributed by atoms with Gasteiger partial charge < -0.3 is 5.11 Å². The van der Waals surface area contributed by atoms with Crippen molar-refractivity contribution in [3.8, 4) is 0 Å². The summed E-state index contributed by atoms with van der Waals surface area (Å²) in [5.41, 5.74) is 0. The van der Waals surface area contributed by atoms with E-state index in [9.17, 15) is 8.42 Å². The van der Waals surface area contributed by atoms with E-state index >= 15 is 0 Å². The van der Waals surface area contributed by atoms with Gasteiger partial charge in [-0.05, 0) is 12.8 Å². The summed E-state index contributed by atoms with van der Waals surface area (Å²) in [7, 11) is -3.11. The fraction of sp³-hybridized carbons (Fsp3) is 1.00. The highest BCUT2D eigenvalue weighted by atomic mass is 32.2. The lowest BCUT2D eigenvalue weighted by molar-refractivity contribution is 0.286. The molecule has 0 saturated carbocycles. The molecule has 0 amide bonds. The molecule has 6 heteroatoms. The first-order valence-corrected chi connectivity index (χ1v) is 8.25. The zero-order valence-electron chi connectivity index (χ0n) is 9.92. The summed E-state index contributed by atoms with van der Waals surface area (Å²) in [6.45, 7) is 5.44. The molecule has 0 bridgehead atoms. The van der Waals surface area contributed by atoms with E-state index in [-0.39, 0.29) is 12.4 Å². The molecule has 0 aromatic rings. The van der Waals surface area contributed by atoms with Crippen molar-refractivity contribution in [3.05, 3.63) is 0 Å². The van der Waals surface area contributed by atoms with Gasteiger partial charge in [0.05, 0.1) is 5.75 Å². The fourth-order valence-electron chi connectivity index (χ4n) is 1.88. The molecule has 2 unspecified atom stereocenters. The molecule has 4 nitrogen and oxygen atoms in total. The van der Waals surface area contributed by atoms with Gasteiger partial charge in [-0.2, -0.15) is 16.1 Å². The number of rotatable bonds is 5. The van der Waals surface area contributed by atoms with Gasteiger partial charge >= 0.3 is 0 Å². The second-order valence-corrected chi connectivity index (χ2v) is 8.29. The van der Waals surface area contributed by atoms with Crippen molar-refractivity contribution in [2.24, 2.45) is 0 Å². The second-order valence-electron chi connectivity index (χ2n) is 4.32. The van der Waals surface area contributed by atoms with E-state index in [4.69, 9.17) is 5.11 Å². The molecule has 2 atom stereocenters. The Morgan fingerprint density at radius 1 is 1.25 bits per heavy atom. The summed E-state index contributed by atoms with van der Waals surface area (Å²) >= 11 is 1.84. The van der Waals surface area contributed by atoms with Crippen LogP contribution in [0.4, 0.5) is 0 Å². The molecule has 0 aromatic heterocycles. The first kappa shape index (κ1) is 14.3. The minimum atomic E-state index is -3.11. The number of hydrogen-bond acceptors (Lipinski definition) is 4. The Hall–Kier alpha value is 0.220. The van der Waals surface area contributed by atoms with Crippen LogP contribution in [-0.2, 0) is 10.0 Å². The summed E-state index contributed by atoms with van der Waals surface area (Å²) < 4.78 is 25.6. The number of thioether (sulfide) groups is 1. The molecule has 0 spiro atoms. The van der Waals surface area contributed by atoms with Gasteiger partial charge in [-0.15, -0.1) is 0 Å². The largest absolute Gasteiger partial charge is 0.396 e. The molecule has 1 heterocycles. The predicted molar refractivity (Wildman–Crippen MR) is 68.2 cm³/mol. The van der Waals surface area contributed by atoms with Crippen molar-refractivity contribution in [1.82, 2.24) is 4.31 Å². The third-order valence-electron chi connectivity index (χ3n) is 2.59. The van der Waals surface area contributed by atoms with Gasteiger partial charge in [0.1, 0.15) is 0 Å². The van der Waals surface area contributed by atoms with Crippen LogP contribution in [0.3, 0.4) is 0 Å². The molecule has 16 heavy (non-hydrogen) atoms. The number of hydrogen-bond donors (Lipinski definition) is 1. The van der Waals surface area contributed by atoms with Gasteiger partial charge in [0.25, 0.3) is 0 Å². The van der Waals surface area contributed by atoms with Crippen LogP contribution >= 0.6 is 11.8 Å². The minimum Gasteiger partial charge on any atom is -0.396 e. The summed E-state index contributed by atoms with van der Waals surface area (Å²) in [4.78, 5) is 0. The Balaban J connectivity index is 2.53. The fourth-order valence-corrected chi connectivity index (χ4v) is 5.13. The lowest BCUT2D eigenvalue weighted by Crippen LogP contribution is -2.44. The van der Waals surface area contributed by atoms with Gasteiger partial charge in [0.15, 0.2) is 0 Å². The molecular formula is C10H21NO3S2. The average Bonchev–Trinajstić information content (AvgIpc) is 2.16. The standard InChI is InChI=1S/C10H21NO3S2/c1-9-7-11(8-10(2)15-9)16(13,14)6-4-3-5-12/h9-10,12H,3-8H2,1-2H3. The Bertz CT molecular complexity index is 295. The topological polar surface area (TPSA) is 57.6 Å². The first-order chi connectivity index (χ1) is 7.45. The van der Waals surface area contributed by atoms with Gasteiger partial charge in [-0.3, -0.25) is 0 Å². The molecule has 96 valence electrons. The van der Waals surface area contributed by atoms with Crippen LogP contribution in [0.25, 0.3) is 0 Å². The number of unbranched alkanes of at least 4 members (excludes halogenated alkanes) is 1. The maximum Gasteiger partial charge on any atom is 0.214 e. The van der Waals surface area contributed by atoms with E-state index in [2.05, 4.69) is 13.8 Å². The van der Waals surface area contributed by atoms with Gasteiger partial charge in [0.2, 0.25) is 10.0 Å². The van der Waals surface area contributed by atoms with Crippen LogP contribution in [0.1, 0.15) is 26.7 Å². The smallest absolute Gasteiger partial charge is 0.214 e. The van der Waals surface area contributed by atoms with Crippen molar-refractivity contribution in [1.29, 1.82) is 0 Å². The molecule has 1 aliphatic rings. The Morgan fingerprint density at radius 3 is 2.31 bits per heavy atom. The lowest BCUT2D eigenvalue weighted by Gasteiger charge is -2.33. The number of sulfonamides is 1. The predicted octanol–water partition coefficient (Wildman–Crippen LogP) is 0.915. The van der Waals surface area contributed by atoms with E-state index in [1.165, 1.54) is 0 Å². The van der Waals surface area contributed by atoms with Crippen molar-refractivity contribution < 1.29 is 13.5 Å². The van der Waals surface area contributed by atoms with E-state index < -0.39 is 10.0 Å². The third-order valence-corrected chi connectivity index (χ3v) is 5.71. The quantitative estimate of drug-likeness (QED) is 0.752. The third kappa shape index (κ3) is 4.24. The normalized spacial score (nSPS) is 28.2. The van der Waals surface area contributed by atoms with E-state index in [0.717, 1.165) is 0 Å². The highest BCUT2D eigenvalue weighted by Crippen LogP contribution is 2.26. The van der Waals surface area contributed by atoms with Gasteiger partial charge in [-0.1, -0.05) is 13.8 Å². The Morgan fingerprint density at radius 2 is 1.81 bits per heavy atom. The zero-order valence-corrected chi connectivity index (χ0v) is 11.6. The van der Waals surface area contributed by atoms with Crippen LogP contribution < -0.4 is 0 Å². The van der Waals surface area contributed by atoms with Gasteiger partial charge in [-0.25, -0.2) is 8.42 Å². The maximum absolute atomic E-state index is 12.0. The molecule has 0 radical (unpaired) electrons. The molecule has 0 aromatic carbocycles. The van der Waals surface area contributed by atoms with E-state index in [1.54, 1.807) is 4.31 Å². The first-order valence-electron chi connectivity index (χ1n) is 5.70. The van der Waals surface area contributed by atoms with Crippen LogP contribution in [0.2, 0.25) is 0 Å². The number of aliphatic hydroxyl groups is 1. The van der Waals surface area contributed by atoms with Crippen LogP contribution in [-0.4, -0.2) is 53.8 Å². The van der Waals surface area contributed by atoms with Crippen LogP contribution in [0, 0.1) is 0 Å². The molecule has 1 aliphatic heterocycles. The molecule has 1 saturated heterocycles. The molecule has 1 N–H and O–H groups in total. The average molecular weight is 267 g/mol. The Labute approximate surface area is 102 Å². The SMILES string of the molecule is CC1CN(S(=O)(=O)CCCCO)CC(C)S1. The molecular weight excluding hydrogens is 246 g/mol. The second kappa shape index (κ2) is 6.23. The molecule has 1 rings (SSSR count). The maximum atomic E-state index is 12.0. The summed E-state index contributed by atoms with van der Waals surface area (Å²) in [6.07, 6.45) is 1.11. The van der Waals surface area contributed by atoms with Crippen molar-refractivity contribution in [3.63, 3.8) is 0 Å². The summed E-state index contributed by atoms with van der Waals surface area (Å²) in [5.74, 6) is 0.164. The summed E-state index contributed by atoms with van der Waals surface area (Å²) in [5, 5.41) is 9.39. The van der Waals surface area contributed by atoms with Crippen molar-refractivity contribution >= 4 is 21.8 Å². The minimum absolute atomic E-state index is 0.0676. The number of aliphatic hydroxyl groups excluding tert-OH is 1. The lowest BCUT2D eigenvalue weighted by atomic mass is 10.4. The van der Waals surface area contributed by atoms with E-state index in [0.29, 0.717) is 36.4 Å². The van der Waals surface area contributed by atoms with Gasteiger partial charge in [0, 0.05) is 30.2 Å². The highest BCUT2D eigenvalue weighted by Gasteiger charge is 2.30. The highest BCUT2D eigenvalue weighted by molar-refractivity contribution is 8.00. The monoisotopic (exact) mass is 267 g/mol. The van der Waals surface area contributed by atoms with Crippen molar-refractivity contribution in [2.45, 2.75) is 37.2 Å². The van der Waals surface area contributed by atoms with Crippen LogP contribution in [0.5, 0.6) is 0 Å². The van der Waals surface area contributed by atoms with Crippen molar-refractivity contribution in [2.75, 3.05) is 25.4 Å². The van der Waals surface area contributed by atoms with E-state index in [1.807, 2.05) is 11.8 Å². The summed E-state index contributed by atoms with van der Waals surface area (Å²) in [6, 6.07) is 0. The Kier molecular flexibility index (Phi) is 5.56. The zero-order chi connectivity index (χ0) is 12.2.